The van der Waals surface area contributed by atoms with Crippen molar-refractivity contribution >= 4 is 53.6 Å². The van der Waals surface area contributed by atoms with Gasteiger partial charge in [0, 0.05) is 35.7 Å². The molecule has 0 spiro atoms. The van der Waals surface area contributed by atoms with E-state index in [1.807, 2.05) is 36.4 Å². The molecule has 0 aliphatic carbocycles. The molecule has 8 heteroatoms. The van der Waals surface area contributed by atoms with E-state index in [1.54, 1.807) is 16.9 Å². The minimum absolute atomic E-state index is 0.114. The summed E-state index contributed by atoms with van der Waals surface area (Å²) >= 11 is 6.71. The number of benzene rings is 1. The maximum Gasteiger partial charge on any atom is 0.303 e. The van der Waals surface area contributed by atoms with Gasteiger partial charge in [-0.25, -0.2) is 0 Å². The maximum atomic E-state index is 10.6. The second kappa shape index (κ2) is 8.81. The van der Waals surface area contributed by atoms with Crippen molar-refractivity contribution in [1.29, 1.82) is 0 Å². The van der Waals surface area contributed by atoms with Gasteiger partial charge >= 0.3 is 5.97 Å². The molecule has 0 radical (unpaired) electrons. The number of carboxylic acid groups (broad SMARTS) is 1. The lowest BCUT2D eigenvalue weighted by atomic mass is 10.2. The first kappa shape index (κ1) is 20.3. The highest BCUT2D eigenvalue weighted by atomic mass is 32.1. The molecular formula is C22H20N2O4S2. The molecule has 0 fully saturated rings. The van der Waals surface area contributed by atoms with Gasteiger partial charge in [-0.2, -0.15) is 0 Å². The Kier molecular flexibility index (Phi) is 5.96. The Bertz CT molecular complexity index is 1400. The van der Waals surface area contributed by atoms with E-state index < -0.39 is 5.97 Å². The van der Waals surface area contributed by atoms with Crippen LogP contribution in [-0.2, 0) is 11.3 Å². The number of hydrogen-bond acceptors (Lipinski definition) is 6. The molecule has 30 heavy (non-hydrogen) atoms. The third kappa shape index (κ3) is 4.29. The topological polar surface area (TPSA) is 88.0 Å². The summed E-state index contributed by atoms with van der Waals surface area (Å²) in [5.41, 5.74) is 2.29. The van der Waals surface area contributed by atoms with Gasteiger partial charge in [0.2, 0.25) is 5.88 Å². The third-order valence-corrected chi connectivity index (χ3v) is 6.26. The summed E-state index contributed by atoms with van der Waals surface area (Å²) in [7, 11) is 0. The van der Waals surface area contributed by atoms with Crippen molar-refractivity contribution in [2.24, 2.45) is 4.99 Å². The van der Waals surface area contributed by atoms with Crippen molar-refractivity contribution in [3.63, 3.8) is 0 Å². The van der Waals surface area contributed by atoms with Gasteiger partial charge in [-0.05, 0) is 49.3 Å². The molecule has 154 valence electrons. The zero-order chi connectivity index (χ0) is 21.1. The highest BCUT2D eigenvalue weighted by Gasteiger charge is 2.10. The van der Waals surface area contributed by atoms with Crippen LogP contribution in [0.4, 0.5) is 5.69 Å². The number of fused-ring (bicyclic) bond motifs is 1. The van der Waals surface area contributed by atoms with Crippen LogP contribution in [-0.4, -0.2) is 27.0 Å². The van der Waals surface area contributed by atoms with Gasteiger partial charge in [0.05, 0.1) is 10.6 Å². The number of unbranched alkanes of at least 4 members (excludes halogenated alkanes) is 2. The smallest absolute Gasteiger partial charge is 0.303 e. The molecule has 6 nitrogen and oxygen atoms in total. The van der Waals surface area contributed by atoms with Gasteiger partial charge in [-0.1, -0.05) is 18.6 Å². The minimum atomic E-state index is -0.787. The summed E-state index contributed by atoms with van der Waals surface area (Å²) in [5.74, 6) is -0.672. The van der Waals surface area contributed by atoms with E-state index in [2.05, 4.69) is 4.99 Å². The van der Waals surface area contributed by atoms with Crippen molar-refractivity contribution in [3.8, 4) is 5.88 Å². The highest BCUT2D eigenvalue weighted by molar-refractivity contribution is 7.73. The molecule has 2 aromatic heterocycles. The van der Waals surface area contributed by atoms with Crippen LogP contribution in [0.1, 0.15) is 30.6 Å². The van der Waals surface area contributed by atoms with Crippen molar-refractivity contribution in [3.05, 3.63) is 60.4 Å². The van der Waals surface area contributed by atoms with Crippen LogP contribution in [0.25, 0.3) is 12.2 Å². The Balaban J connectivity index is 1.60. The average molecular weight is 441 g/mol. The SMILES string of the molecule is O=C(O)CCCCCn1c(O)c(/C=c2\cc/c(=c3/cccc4c3=CC=N4)o2)sc1=S. The lowest BCUT2D eigenvalue weighted by molar-refractivity contribution is -0.137. The molecule has 0 bridgehead atoms. The van der Waals surface area contributed by atoms with E-state index in [9.17, 15) is 9.90 Å². The predicted molar refractivity (Wildman–Crippen MR) is 119 cm³/mol. The molecule has 0 saturated heterocycles. The standard InChI is InChI=1S/C22H20N2O4S2/c25-20(26)7-2-1-3-12-24-21(27)19(30-22(24)29)13-14-8-9-18(28-14)16-5-4-6-17-15(16)10-11-23-17/h4-6,8-11,13,27H,1-3,7,12H2,(H,25,26)/b14-13+,18-16+. The number of carbonyl (C=O) groups is 1. The van der Waals surface area contributed by atoms with Gasteiger partial charge in [0.1, 0.15) is 10.8 Å². The zero-order valence-electron chi connectivity index (χ0n) is 16.1. The molecule has 1 aromatic carbocycles. The Morgan fingerprint density at radius 1 is 1.23 bits per heavy atom. The second-order valence-corrected chi connectivity index (χ2v) is 8.62. The lowest BCUT2D eigenvalue weighted by Crippen LogP contribution is -2.01. The molecule has 1 aliphatic rings. The number of hydrogen-bond donors (Lipinski definition) is 2. The fourth-order valence-electron chi connectivity index (χ4n) is 3.38. The summed E-state index contributed by atoms with van der Waals surface area (Å²) in [6.45, 7) is 0.560. The maximum absolute atomic E-state index is 10.6. The number of aliphatic imine (C=N–C) groups is 1. The Hall–Kier alpha value is -2.97. The molecule has 0 unspecified atom stereocenters. The van der Waals surface area contributed by atoms with Crippen molar-refractivity contribution in [2.75, 3.05) is 0 Å². The van der Waals surface area contributed by atoms with Gasteiger partial charge < -0.3 is 14.6 Å². The van der Waals surface area contributed by atoms with Gasteiger partial charge in [-0.3, -0.25) is 14.4 Å². The van der Waals surface area contributed by atoms with Crippen molar-refractivity contribution in [2.45, 2.75) is 32.2 Å². The molecule has 1 aliphatic heterocycles. The minimum Gasteiger partial charge on any atom is -0.493 e. The van der Waals surface area contributed by atoms with Crippen LogP contribution >= 0.6 is 23.6 Å². The van der Waals surface area contributed by atoms with E-state index in [4.69, 9.17) is 21.7 Å². The van der Waals surface area contributed by atoms with E-state index in [0.29, 0.717) is 27.2 Å². The number of aliphatic carboxylic acids is 1. The number of aromatic hydroxyl groups is 1. The number of nitrogens with zero attached hydrogens (tertiary/aromatic N) is 2. The third-order valence-electron chi connectivity index (χ3n) is 4.87. The Morgan fingerprint density at radius 2 is 2.10 bits per heavy atom. The summed E-state index contributed by atoms with van der Waals surface area (Å²) in [6.07, 6.45) is 7.83. The summed E-state index contributed by atoms with van der Waals surface area (Å²) in [5, 5.41) is 21.3. The summed E-state index contributed by atoms with van der Waals surface area (Å²) < 4.78 is 8.27. The summed E-state index contributed by atoms with van der Waals surface area (Å²) in [6, 6.07) is 9.68. The average Bonchev–Trinajstić information content (AvgIpc) is 3.43. The predicted octanol–water partition coefficient (Wildman–Crippen LogP) is 3.83. The fourth-order valence-corrected chi connectivity index (χ4v) is 4.68. The van der Waals surface area contributed by atoms with Crippen LogP contribution < -0.4 is 10.6 Å². The molecule has 3 heterocycles. The van der Waals surface area contributed by atoms with Gasteiger partial charge in [0.25, 0.3) is 0 Å². The Morgan fingerprint density at radius 3 is 2.93 bits per heavy atom. The fraction of sp³-hybridized carbons (Fsp3) is 0.227. The molecule has 2 N–H and O–H groups in total. The number of thiazole rings is 1. The molecule has 3 aromatic rings. The second-order valence-electron chi connectivity index (χ2n) is 6.94. The van der Waals surface area contributed by atoms with Crippen LogP contribution in [0.5, 0.6) is 5.88 Å². The largest absolute Gasteiger partial charge is 0.493 e. The quantitative estimate of drug-likeness (QED) is 0.431. The molecule has 0 saturated carbocycles. The zero-order valence-corrected chi connectivity index (χ0v) is 17.7. The first-order valence-corrected chi connectivity index (χ1v) is 10.8. The van der Waals surface area contributed by atoms with Gasteiger partial charge in [-0.15, -0.1) is 11.3 Å². The monoisotopic (exact) mass is 440 g/mol. The molecular weight excluding hydrogens is 420 g/mol. The summed E-state index contributed by atoms with van der Waals surface area (Å²) in [4.78, 5) is 15.5. The van der Waals surface area contributed by atoms with Crippen molar-refractivity contribution in [1.82, 2.24) is 4.57 Å². The lowest BCUT2D eigenvalue weighted by Gasteiger charge is -2.04. The van der Waals surface area contributed by atoms with E-state index in [-0.39, 0.29) is 12.3 Å². The van der Waals surface area contributed by atoms with E-state index >= 15 is 0 Å². The number of rotatable bonds is 7. The highest BCUT2D eigenvalue weighted by Crippen LogP contribution is 2.27. The van der Waals surface area contributed by atoms with E-state index in [1.165, 1.54) is 11.3 Å². The van der Waals surface area contributed by atoms with Crippen LogP contribution in [0.3, 0.4) is 0 Å². The van der Waals surface area contributed by atoms with Crippen LogP contribution in [0.2, 0.25) is 0 Å². The first-order valence-electron chi connectivity index (χ1n) is 9.62. The molecule has 0 atom stereocenters. The van der Waals surface area contributed by atoms with Gasteiger partial charge in [0.15, 0.2) is 3.95 Å². The molecule has 0 amide bonds. The first-order chi connectivity index (χ1) is 14.5. The van der Waals surface area contributed by atoms with Crippen LogP contribution in [0, 0.1) is 14.6 Å². The van der Waals surface area contributed by atoms with Crippen LogP contribution in [0.15, 0.2) is 39.7 Å². The van der Waals surface area contributed by atoms with E-state index in [0.717, 1.165) is 34.4 Å². The number of aromatic nitrogens is 1. The van der Waals surface area contributed by atoms with Crippen molar-refractivity contribution < 1.29 is 19.4 Å². The number of furan rings is 1. The number of carboxylic acids is 1. The Labute approximate surface area is 181 Å². The molecule has 4 rings (SSSR count). The normalized spacial score (nSPS) is 14.1.